The van der Waals surface area contributed by atoms with Gasteiger partial charge in [-0.15, -0.1) is 0 Å². The second kappa shape index (κ2) is 7.14. The van der Waals surface area contributed by atoms with Crippen molar-refractivity contribution in [3.05, 3.63) is 28.2 Å². The second-order valence-corrected chi connectivity index (χ2v) is 5.87. The number of carbonyl (C=O) groups excluding carboxylic acids is 1. The second-order valence-electron chi connectivity index (χ2n) is 4.06. The molecule has 0 saturated heterocycles. The van der Waals surface area contributed by atoms with Gasteiger partial charge < -0.3 is 5.32 Å². The van der Waals surface area contributed by atoms with Crippen molar-refractivity contribution >= 4 is 46.6 Å². The third-order valence-corrected chi connectivity index (χ3v) is 4.10. The van der Waals surface area contributed by atoms with Crippen LogP contribution >= 0.6 is 35.0 Å². The summed E-state index contributed by atoms with van der Waals surface area (Å²) in [5, 5.41) is 3.58. The summed E-state index contributed by atoms with van der Waals surface area (Å²) in [7, 11) is 0. The van der Waals surface area contributed by atoms with Crippen LogP contribution in [0.15, 0.2) is 18.2 Å². The first kappa shape index (κ1) is 14.7. The summed E-state index contributed by atoms with van der Waals surface area (Å²) in [5.41, 5.74) is 0.564. The van der Waals surface area contributed by atoms with Crippen molar-refractivity contribution in [2.24, 2.45) is 5.92 Å². The van der Waals surface area contributed by atoms with Crippen LogP contribution in [0, 0.1) is 5.92 Å². The third kappa shape index (κ3) is 5.19. The Balaban J connectivity index is 2.48. The molecule has 2 nitrogen and oxygen atoms in total. The molecule has 0 aliphatic carbocycles. The van der Waals surface area contributed by atoms with Gasteiger partial charge in [0.25, 0.3) is 0 Å². The Labute approximate surface area is 116 Å². The molecule has 0 spiro atoms. The zero-order valence-electron chi connectivity index (χ0n) is 9.80. The molecule has 1 amide bonds. The van der Waals surface area contributed by atoms with Gasteiger partial charge in [-0.3, -0.25) is 4.79 Å². The van der Waals surface area contributed by atoms with Gasteiger partial charge in [-0.25, -0.2) is 0 Å². The lowest BCUT2D eigenvalue weighted by atomic mass is 10.3. The van der Waals surface area contributed by atoms with E-state index in [1.54, 1.807) is 30.0 Å². The molecule has 94 valence electrons. The van der Waals surface area contributed by atoms with Crippen LogP contribution in [0.1, 0.15) is 13.8 Å². The summed E-state index contributed by atoms with van der Waals surface area (Å²) in [6.45, 7) is 4.25. The molecule has 5 heteroatoms. The van der Waals surface area contributed by atoms with Gasteiger partial charge >= 0.3 is 0 Å². The molecule has 0 atom stereocenters. The molecule has 0 aliphatic heterocycles. The molecule has 0 saturated carbocycles. The zero-order chi connectivity index (χ0) is 12.8. The van der Waals surface area contributed by atoms with Crippen molar-refractivity contribution < 1.29 is 4.79 Å². The average molecular weight is 292 g/mol. The quantitative estimate of drug-likeness (QED) is 0.875. The molecule has 1 N–H and O–H groups in total. The Morgan fingerprint density at radius 2 is 2.12 bits per heavy atom. The van der Waals surface area contributed by atoms with Crippen LogP contribution in [0.25, 0.3) is 0 Å². The van der Waals surface area contributed by atoms with Crippen molar-refractivity contribution in [1.29, 1.82) is 0 Å². The minimum atomic E-state index is -0.0557. The molecule has 0 heterocycles. The number of benzene rings is 1. The average Bonchev–Trinajstić information content (AvgIpc) is 2.24. The van der Waals surface area contributed by atoms with Gasteiger partial charge in [0, 0.05) is 0 Å². The Morgan fingerprint density at radius 3 is 2.76 bits per heavy atom. The number of rotatable bonds is 5. The maximum absolute atomic E-state index is 11.6. The lowest BCUT2D eigenvalue weighted by Gasteiger charge is -2.08. The maximum atomic E-state index is 11.6. The largest absolute Gasteiger partial charge is 0.324 e. The molecule has 1 aromatic rings. The molecular weight excluding hydrogens is 277 g/mol. The van der Waals surface area contributed by atoms with E-state index in [1.165, 1.54) is 0 Å². The number of hydrogen-bond acceptors (Lipinski definition) is 2. The van der Waals surface area contributed by atoms with Gasteiger partial charge in [-0.05, 0) is 23.8 Å². The van der Waals surface area contributed by atoms with E-state index in [2.05, 4.69) is 19.2 Å². The van der Waals surface area contributed by atoms with Crippen LogP contribution < -0.4 is 5.32 Å². The zero-order valence-corrected chi connectivity index (χ0v) is 12.1. The fraction of sp³-hybridized carbons (Fsp3) is 0.417. The molecule has 0 bridgehead atoms. The van der Waals surface area contributed by atoms with E-state index < -0.39 is 0 Å². The monoisotopic (exact) mass is 291 g/mol. The van der Waals surface area contributed by atoms with Crippen LogP contribution in [-0.2, 0) is 4.79 Å². The minimum Gasteiger partial charge on any atom is -0.324 e. The maximum Gasteiger partial charge on any atom is 0.234 e. The Hall–Kier alpha value is -0.380. The smallest absolute Gasteiger partial charge is 0.234 e. The van der Waals surface area contributed by atoms with Gasteiger partial charge in [0.15, 0.2) is 0 Å². The summed E-state index contributed by atoms with van der Waals surface area (Å²) in [6, 6.07) is 5.18. The van der Waals surface area contributed by atoms with E-state index in [-0.39, 0.29) is 5.91 Å². The van der Waals surface area contributed by atoms with Crippen LogP contribution in [0.4, 0.5) is 5.69 Å². The first-order chi connectivity index (χ1) is 8.00. The number of hydrogen-bond donors (Lipinski definition) is 1. The van der Waals surface area contributed by atoms with Crippen LogP contribution in [0.2, 0.25) is 10.0 Å². The minimum absolute atomic E-state index is 0.0557. The molecular formula is C12H15Cl2NOS. The van der Waals surface area contributed by atoms with Crippen LogP contribution in [0.5, 0.6) is 0 Å². The summed E-state index contributed by atoms with van der Waals surface area (Å²) >= 11 is 13.4. The molecule has 1 rings (SSSR count). The normalized spacial score (nSPS) is 10.6. The van der Waals surface area contributed by atoms with Crippen LogP contribution in [-0.4, -0.2) is 17.4 Å². The number of amides is 1. The molecule has 0 aromatic heterocycles. The summed E-state index contributed by atoms with van der Waals surface area (Å²) < 4.78 is 0. The number of carbonyl (C=O) groups is 1. The summed E-state index contributed by atoms with van der Waals surface area (Å²) in [4.78, 5) is 11.6. The van der Waals surface area contributed by atoms with Crippen LogP contribution in [0.3, 0.4) is 0 Å². The van der Waals surface area contributed by atoms with Crippen molar-refractivity contribution in [1.82, 2.24) is 0 Å². The van der Waals surface area contributed by atoms with E-state index in [0.29, 0.717) is 27.4 Å². The fourth-order valence-corrected chi connectivity index (χ4v) is 2.37. The Kier molecular flexibility index (Phi) is 6.17. The SMILES string of the molecule is CC(C)CSCC(=O)Nc1cccc(Cl)c1Cl. The molecule has 17 heavy (non-hydrogen) atoms. The lowest BCUT2D eigenvalue weighted by Crippen LogP contribution is -2.15. The van der Waals surface area contributed by atoms with Gasteiger partial charge in [-0.2, -0.15) is 11.8 Å². The lowest BCUT2D eigenvalue weighted by molar-refractivity contribution is -0.113. The van der Waals surface area contributed by atoms with Crippen molar-refractivity contribution in [3.63, 3.8) is 0 Å². The van der Waals surface area contributed by atoms with Gasteiger partial charge in [0.2, 0.25) is 5.91 Å². The highest BCUT2D eigenvalue weighted by molar-refractivity contribution is 7.99. The van der Waals surface area contributed by atoms with Crippen molar-refractivity contribution in [2.45, 2.75) is 13.8 Å². The van der Waals surface area contributed by atoms with Gasteiger partial charge in [0.05, 0.1) is 21.5 Å². The predicted molar refractivity (Wildman–Crippen MR) is 77.3 cm³/mol. The Bertz CT molecular complexity index is 396. The molecule has 0 radical (unpaired) electrons. The standard InChI is InChI=1S/C12H15Cl2NOS/c1-8(2)6-17-7-11(16)15-10-5-3-4-9(13)12(10)14/h3-5,8H,6-7H2,1-2H3,(H,15,16). The first-order valence-corrected chi connectivity index (χ1v) is 7.23. The van der Waals surface area contributed by atoms with Gasteiger partial charge in [-0.1, -0.05) is 43.1 Å². The van der Waals surface area contributed by atoms with Gasteiger partial charge in [0.1, 0.15) is 0 Å². The number of halogens is 2. The van der Waals surface area contributed by atoms with E-state index in [4.69, 9.17) is 23.2 Å². The highest BCUT2D eigenvalue weighted by Crippen LogP contribution is 2.29. The Morgan fingerprint density at radius 1 is 1.41 bits per heavy atom. The summed E-state index contributed by atoms with van der Waals surface area (Å²) in [6.07, 6.45) is 0. The first-order valence-electron chi connectivity index (χ1n) is 5.32. The highest BCUT2D eigenvalue weighted by atomic mass is 35.5. The number of thioether (sulfide) groups is 1. The van der Waals surface area contributed by atoms with E-state index in [9.17, 15) is 4.79 Å². The topological polar surface area (TPSA) is 29.1 Å². The van der Waals surface area contributed by atoms with E-state index >= 15 is 0 Å². The third-order valence-electron chi connectivity index (χ3n) is 1.91. The van der Waals surface area contributed by atoms with E-state index in [0.717, 1.165) is 5.75 Å². The number of anilines is 1. The van der Waals surface area contributed by atoms with Crippen molar-refractivity contribution in [2.75, 3.05) is 16.8 Å². The van der Waals surface area contributed by atoms with E-state index in [1.807, 2.05) is 0 Å². The predicted octanol–water partition coefficient (Wildman–Crippen LogP) is 4.32. The summed E-state index contributed by atoms with van der Waals surface area (Å²) in [5.74, 6) is 1.93. The fourth-order valence-electron chi connectivity index (χ4n) is 1.17. The number of nitrogens with one attached hydrogen (secondary N) is 1. The molecule has 0 fully saturated rings. The molecule has 0 unspecified atom stereocenters. The molecule has 0 aliphatic rings. The van der Waals surface area contributed by atoms with Crippen molar-refractivity contribution in [3.8, 4) is 0 Å². The highest BCUT2D eigenvalue weighted by Gasteiger charge is 2.08. The molecule has 1 aromatic carbocycles.